The molecule has 2 amide bonds. The number of fused-ring (bicyclic) bond motifs is 2. The molecular weight excluding hydrogens is 546 g/mol. The highest BCUT2D eigenvalue weighted by molar-refractivity contribution is 7.17. The third-order valence-electron chi connectivity index (χ3n) is 9.82. The van der Waals surface area contributed by atoms with Crippen LogP contribution in [0.3, 0.4) is 0 Å². The fourth-order valence-corrected chi connectivity index (χ4v) is 8.08. The third-order valence-corrected chi connectivity index (χ3v) is 10.8. The van der Waals surface area contributed by atoms with Gasteiger partial charge in [-0.15, -0.1) is 11.3 Å². The van der Waals surface area contributed by atoms with Crippen molar-refractivity contribution in [2.75, 3.05) is 33.3 Å². The van der Waals surface area contributed by atoms with Gasteiger partial charge in [0.2, 0.25) is 5.91 Å². The molecular formula is C33H41N5O3S. The van der Waals surface area contributed by atoms with Crippen molar-refractivity contribution in [3.05, 3.63) is 34.7 Å². The number of nitrogens with zero attached hydrogens (tertiary/aromatic N) is 5. The second-order valence-electron chi connectivity index (χ2n) is 12.7. The van der Waals surface area contributed by atoms with E-state index in [-0.39, 0.29) is 11.8 Å². The van der Waals surface area contributed by atoms with E-state index >= 15 is 0 Å². The summed E-state index contributed by atoms with van der Waals surface area (Å²) in [6.07, 6.45) is 7.06. The van der Waals surface area contributed by atoms with E-state index < -0.39 is 0 Å². The number of carbonyl (C=O) groups excluding carboxylic acids is 2. The summed E-state index contributed by atoms with van der Waals surface area (Å²) in [6, 6.07) is 6.15. The number of ether oxygens (including phenoxy) is 1. The molecule has 42 heavy (non-hydrogen) atoms. The highest BCUT2D eigenvalue weighted by Gasteiger charge is 2.34. The number of rotatable bonds is 7. The smallest absolute Gasteiger partial charge is 0.254 e. The summed E-state index contributed by atoms with van der Waals surface area (Å²) in [5.41, 5.74) is 6.11. The molecule has 1 aliphatic carbocycles. The molecule has 8 nitrogen and oxygen atoms in total. The molecule has 2 aliphatic heterocycles. The molecule has 0 radical (unpaired) electrons. The SMILES string of the molecule is CC[C@@H]1CCCCN(C(=O)c2cc(OC)c3c(c2)nc(-c2cc4scc(C5CN(C(C)=O)C5)c4n2CC2CC2)n3C)C1. The van der Waals surface area contributed by atoms with Crippen molar-refractivity contribution >= 4 is 44.4 Å². The number of carbonyl (C=O) groups is 2. The average Bonchev–Trinajstić information content (AvgIpc) is 3.56. The Morgan fingerprint density at radius 2 is 1.83 bits per heavy atom. The first-order valence-corrected chi connectivity index (χ1v) is 16.4. The Morgan fingerprint density at radius 3 is 2.55 bits per heavy atom. The van der Waals surface area contributed by atoms with E-state index in [2.05, 4.69) is 34.6 Å². The van der Waals surface area contributed by atoms with Gasteiger partial charge in [0.15, 0.2) is 5.82 Å². The van der Waals surface area contributed by atoms with Crippen LogP contribution in [-0.2, 0) is 18.4 Å². The number of methoxy groups -OCH3 is 1. The molecule has 4 aromatic rings. The van der Waals surface area contributed by atoms with Crippen LogP contribution >= 0.6 is 11.3 Å². The van der Waals surface area contributed by atoms with Gasteiger partial charge in [-0.25, -0.2) is 4.98 Å². The first kappa shape index (κ1) is 27.5. The van der Waals surface area contributed by atoms with Gasteiger partial charge >= 0.3 is 0 Å². The van der Waals surface area contributed by atoms with E-state index in [1.807, 2.05) is 21.9 Å². The van der Waals surface area contributed by atoms with Crippen LogP contribution in [0.4, 0.5) is 0 Å². The molecule has 5 heterocycles. The van der Waals surface area contributed by atoms with Crippen molar-refractivity contribution in [1.82, 2.24) is 23.9 Å². The standard InChI is InChI=1S/C33H41N5O3S/c1-5-21-8-6-7-11-36(15-21)33(40)23-12-26-31(28(13-23)41-4)35(3)32(34-26)27-14-29-30(38(27)16-22-9-10-22)25(19-42-29)24-17-37(18-24)20(2)39/h12-14,19,21-22,24H,5-11,15-18H2,1-4H3/t21-/m1/s1. The molecule has 1 atom stereocenters. The van der Waals surface area contributed by atoms with Gasteiger partial charge in [0.25, 0.3) is 5.91 Å². The number of hydrogen-bond donors (Lipinski definition) is 0. The Bertz CT molecular complexity index is 1670. The van der Waals surface area contributed by atoms with Crippen LogP contribution in [0.25, 0.3) is 32.8 Å². The first-order valence-electron chi connectivity index (χ1n) is 15.6. The van der Waals surface area contributed by atoms with E-state index in [0.717, 1.165) is 68.1 Å². The maximum absolute atomic E-state index is 13.8. The zero-order valence-corrected chi connectivity index (χ0v) is 26.0. The Hall–Kier alpha value is -3.33. The van der Waals surface area contributed by atoms with Gasteiger partial charge in [-0.05, 0) is 66.7 Å². The summed E-state index contributed by atoms with van der Waals surface area (Å²) in [4.78, 5) is 34.8. The molecule has 1 saturated carbocycles. The van der Waals surface area contributed by atoms with Gasteiger partial charge in [-0.3, -0.25) is 9.59 Å². The molecule has 0 N–H and O–H groups in total. The zero-order chi connectivity index (χ0) is 29.1. The largest absolute Gasteiger partial charge is 0.494 e. The number of imidazole rings is 1. The van der Waals surface area contributed by atoms with Crippen molar-refractivity contribution in [2.45, 2.75) is 64.8 Å². The van der Waals surface area contributed by atoms with Gasteiger partial charge in [0, 0.05) is 58.2 Å². The molecule has 222 valence electrons. The Morgan fingerprint density at radius 1 is 1.02 bits per heavy atom. The van der Waals surface area contributed by atoms with Gasteiger partial charge in [0.1, 0.15) is 11.3 Å². The average molecular weight is 588 g/mol. The molecule has 2 saturated heterocycles. The van der Waals surface area contributed by atoms with Crippen LogP contribution < -0.4 is 4.74 Å². The lowest BCUT2D eigenvalue weighted by molar-refractivity contribution is -0.133. The molecule has 3 fully saturated rings. The summed E-state index contributed by atoms with van der Waals surface area (Å²) >= 11 is 1.79. The van der Waals surface area contributed by atoms with Gasteiger partial charge in [-0.1, -0.05) is 19.8 Å². The highest BCUT2D eigenvalue weighted by Crippen LogP contribution is 2.43. The van der Waals surface area contributed by atoms with Gasteiger partial charge in [-0.2, -0.15) is 0 Å². The van der Waals surface area contributed by atoms with Crippen molar-refractivity contribution in [2.24, 2.45) is 18.9 Å². The highest BCUT2D eigenvalue weighted by atomic mass is 32.1. The molecule has 0 spiro atoms. The van der Waals surface area contributed by atoms with Crippen LogP contribution in [0.2, 0.25) is 0 Å². The molecule has 7 rings (SSSR count). The molecule has 0 bridgehead atoms. The fraction of sp³-hybridized carbons (Fsp3) is 0.545. The predicted molar refractivity (Wildman–Crippen MR) is 167 cm³/mol. The van der Waals surface area contributed by atoms with E-state index in [1.54, 1.807) is 25.4 Å². The van der Waals surface area contributed by atoms with Gasteiger partial charge < -0.3 is 23.7 Å². The summed E-state index contributed by atoms with van der Waals surface area (Å²) in [7, 11) is 3.73. The topological polar surface area (TPSA) is 72.6 Å². The Kier molecular flexibility index (Phi) is 7.03. The quantitative estimate of drug-likeness (QED) is 0.255. The van der Waals surface area contributed by atoms with Crippen LogP contribution in [-0.4, -0.2) is 69.0 Å². The Balaban J connectivity index is 1.29. The van der Waals surface area contributed by atoms with E-state index in [9.17, 15) is 9.59 Å². The van der Waals surface area contributed by atoms with Crippen LogP contribution in [0.5, 0.6) is 5.75 Å². The summed E-state index contributed by atoms with van der Waals surface area (Å²) in [5, 5.41) is 2.29. The van der Waals surface area contributed by atoms with Crippen molar-refractivity contribution in [3.8, 4) is 17.3 Å². The number of hydrogen-bond acceptors (Lipinski definition) is 5. The molecule has 9 heteroatoms. The summed E-state index contributed by atoms with van der Waals surface area (Å²) in [5.74, 6) is 3.43. The molecule has 1 aromatic carbocycles. The number of thiophene rings is 1. The number of amides is 2. The first-order chi connectivity index (χ1) is 20.4. The minimum atomic E-state index is 0.0742. The molecule has 3 aromatic heterocycles. The molecule has 3 aliphatic rings. The number of aryl methyl sites for hydroxylation is 1. The normalized spacial score (nSPS) is 19.9. The second kappa shape index (κ2) is 10.7. The van der Waals surface area contributed by atoms with Crippen LogP contribution in [0.15, 0.2) is 23.6 Å². The zero-order valence-electron chi connectivity index (χ0n) is 25.2. The monoisotopic (exact) mass is 587 g/mol. The third kappa shape index (κ3) is 4.70. The number of benzene rings is 1. The van der Waals surface area contributed by atoms with Crippen LogP contribution in [0, 0.1) is 11.8 Å². The summed E-state index contributed by atoms with van der Waals surface area (Å²) < 4.78 is 11.8. The minimum absolute atomic E-state index is 0.0742. The Labute approximate surface area is 251 Å². The predicted octanol–water partition coefficient (Wildman–Crippen LogP) is 6.27. The van der Waals surface area contributed by atoms with E-state index in [1.165, 1.54) is 41.5 Å². The summed E-state index contributed by atoms with van der Waals surface area (Å²) in [6.45, 7) is 8.07. The maximum atomic E-state index is 13.8. The van der Waals surface area contributed by atoms with E-state index in [0.29, 0.717) is 29.1 Å². The lowest BCUT2D eigenvalue weighted by atomic mass is 9.93. The molecule has 0 unspecified atom stereocenters. The second-order valence-corrected chi connectivity index (χ2v) is 13.6. The number of likely N-dealkylation sites (tertiary alicyclic amines) is 2. The lowest BCUT2D eigenvalue weighted by Gasteiger charge is -2.38. The van der Waals surface area contributed by atoms with E-state index in [4.69, 9.17) is 9.72 Å². The van der Waals surface area contributed by atoms with Gasteiger partial charge in [0.05, 0.1) is 28.5 Å². The minimum Gasteiger partial charge on any atom is -0.494 e. The maximum Gasteiger partial charge on any atom is 0.254 e. The van der Waals surface area contributed by atoms with Crippen molar-refractivity contribution in [1.29, 1.82) is 0 Å². The fourth-order valence-electron chi connectivity index (χ4n) is 7.00. The van der Waals surface area contributed by atoms with Crippen molar-refractivity contribution in [3.63, 3.8) is 0 Å². The van der Waals surface area contributed by atoms with Crippen LogP contribution in [0.1, 0.15) is 74.2 Å². The lowest BCUT2D eigenvalue weighted by Crippen LogP contribution is -2.47. The number of aromatic nitrogens is 3. The van der Waals surface area contributed by atoms with Crippen molar-refractivity contribution < 1.29 is 14.3 Å².